The molecule has 0 fully saturated rings. The van der Waals surface area contributed by atoms with Crippen molar-refractivity contribution in [3.63, 3.8) is 0 Å². The number of pyridine rings is 2. The van der Waals surface area contributed by atoms with Gasteiger partial charge in [-0.3, -0.25) is 0 Å². The van der Waals surface area contributed by atoms with E-state index in [2.05, 4.69) is 24.3 Å². The van der Waals surface area contributed by atoms with Crippen LogP contribution in [0.3, 0.4) is 0 Å². The van der Waals surface area contributed by atoms with E-state index in [0.717, 1.165) is 27.2 Å². The lowest BCUT2D eigenvalue weighted by Crippen LogP contribution is -2.22. The minimum absolute atomic E-state index is 0.310. The number of aromatic hydroxyl groups is 1. The highest BCUT2D eigenvalue weighted by Gasteiger charge is 2.14. The second-order valence-electron chi connectivity index (χ2n) is 4.71. The predicted octanol–water partition coefficient (Wildman–Crippen LogP) is 3.44. The molecule has 2 nitrogen and oxygen atoms in total. The summed E-state index contributed by atoms with van der Waals surface area (Å²) in [6.07, 6.45) is 1.79. The first-order chi connectivity index (χ1) is 9.34. The van der Waals surface area contributed by atoms with Crippen molar-refractivity contribution in [2.24, 2.45) is 0 Å². The van der Waals surface area contributed by atoms with E-state index in [0.29, 0.717) is 5.75 Å². The summed E-state index contributed by atoms with van der Waals surface area (Å²) in [6.45, 7) is 0. The minimum Gasteiger partial charge on any atom is -0.502 e. The van der Waals surface area contributed by atoms with Gasteiger partial charge in [-0.15, -0.1) is 0 Å². The second-order valence-corrected chi connectivity index (χ2v) is 4.71. The van der Waals surface area contributed by atoms with E-state index in [1.165, 1.54) is 0 Å². The van der Waals surface area contributed by atoms with Crippen LogP contribution in [0.15, 0.2) is 66.9 Å². The van der Waals surface area contributed by atoms with Gasteiger partial charge < -0.3 is 5.11 Å². The molecule has 2 heterocycles. The number of hydrogen-bond acceptors (Lipinski definition) is 1. The number of nitrogens with zero attached hydrogens (tertiary/aromatic N) is 1. The third-order valence-electron chi connectivity index (χ3n) is 3.61. The van der Waals surface area contributed by atoms with Crippen LogP contribution in [0.4, 0.5) is 0 Å². The van der Waals surface area contributed by atoms with Crippen LogP contribution in [-0.2, 0) is 0 Å². The largest absolute Gasteiger partial charge is 0.502 e. The fraction of sp³-hybridized carbons (Fsp3) is 0. The summed E-state index contributed by atoms with van der Waals surface area (Å²) in [4.78, 5) is 0. The maximum Gasteiger partial charge on any atom is 0.219 e. The fourth-order valence-electron chi connectivity index (χ4n) is 2.71. The molecule has 0 aliphatic heterocycles. The zero-order valence-electron chi connectivity index (χ0n) is 10.2. The van der Waals surface area contributed by atoms with Crippen LogP contribution in [0.1, 0.15) is 0 Å². The molecule has 1 N–H and O–H groups in total. The van der Waals surface area contributed by atoms with Gasteiger partial charge in [-0.05, 0) is 18.2 Å². The second kappa shape index (κ2) is 3.69. The zero-order chi connectivity index (χ0) is 12.8. The summed E-state index contributed by atoms with van der Waals surface area (Å²) in [7, 11) is 0. The number of para-hydroxylation sites is 1. The Labute approximate surface area is 110 Å². The van der Waals surface area contributed by atoms with Crippen molar-refractivity contribution in [3.8, 4) is 5.75 Å². The first-order valence-electron chi connectivity index (χ1n) is 6.28. The van der Waals surface area contributed by atoms with Crippen LogP contribution in [0, 0.1) is 0 Å². The lowest BCUT2D eigenvalue weighted by atomic mass is 10.1. The normalized spacial score (nSPS) is 11.4. The van der Waals surface area contributed by atoms with E-state index in [1.807, 2.05) is 40.8 Å². The minimum atomic E-state index is 0.310. The van der Waals surface area contributed by atoms with Gasteiger partial charge in [0.2, 0.25) is 17.2 Å². The van der Waals surface area contributed by atoms with E-state index in [-0.39, 0.29) is 0 Å². The van der Waals surface area contributed by atoms with E-state index in [9.17, 15) is 5.11 Å². The van der Waals surface area contributed by atoms with Crippen LogP contribution < -0.4 is 4.40 Å². The Hall–Kier alpha value is -2.61. The van der Waals surface area contributed by atoms with Crippen molar-refractivity contribution in [1.82, 2.24) is 0 Å². The SMILES string of the molecule is Oc1c[n+]2c3ccccc3ccc2c2ccccc12. The Bertz CT molecular complexity index is 928. The number of benzene rings is 2. The van der Waals surface area contributed by atoms with Gasteiger partial charge in [0.1, 0.15) is 0 Å². The molecule has 2 heteroatoms. The maximum absolute atomic E-state index is 10.2. The Kier molecular flexibility index (Phi) is 2.00. The van der Waals surface area contributed by atoms with Gasteiger partial charge in [-0.25, -0.2) is 0 Å². The summed E-state index contributed by atoms with van der Waals surface area (Å²) in [5.41, 5.74) is 2.20. The third kappa shape index (κ3) is 1.40. The van der Waals surface area contributed by atoms with E-state index >= 15 is 0 Å². The van der Waals surface area contributed by atoms with Gasteiger partial charge in [-0.2, -0.15) is 4.40 Å². The highest BCUT2D eigenvalue weighted by Crippen LogP contribution is 2.26. The first kappa shape index (κ1) is 10.3. The van der Waals surface area contributed by atoms with Gasteiger partial charge in [0.05, 0.1) is 5.39 Å². The van der Waals surface area contributed by atoms with E-state index in [1.54, 1.807) is 6.20 Å². The molecule has 4 aromatic rings. The monoisotopic (exact) mass is 246 g/mol. The molecule has 0 spiro atoms. The van der Waals surface area contributed by atoms with Crippen molar-refractivity contribution < 1.29 is 9.51 Å². The summed E-state index contributed by atoms with van der Waals surface area (Å²) in [6, 6.07) is 20.3. The molecule has 0 radical (unpaired) electrons. The maximum atomic E-state index is 10.2. The molecule has 0 atom stereocenters. The van der Waals surface area contributed by atoms with Gasteiger partial charge in [-0.1, -0.05) is 30.3 Å². The fourth-order valence-corrected chi connectivity index (χ4v) is 2.71. The topological polar surface area (TPSA) is 24.3 Å². The average molecular weight is 246 g/mol. The number of hydrogen-bond donors (Lipinski definition) is 1. The highest BCUT2D eigenvalue weighted by molar-refractivity contribution is 5.98. The van der Waals surface area contributed by atoms with Crippen molar-refractivity contribution in [2.75, 3.05) is 0 Å². The van der Waals surface area contributed by atoms with Crippen LogP contribution in [0.25, 0.3) is 27.2 Å². The molecular formula is C17H12NO+. The molecule has 0 bridgehead atoms. The Balaban J connectivity index is 2.34. The molecule has 19 heavy (non-hydrogen) atoms. The van der Waals surface area contributed by atoms with Crippen molar-refractivity contribution in [3.05, 3.63) is 66.9 Å². The third-order valence-corrected chi connectivity index (χ3v) is 3.61. The average Bonchev–Trinajstić information content (AvgIpc) is 2.47. The molecule has 90 valence electrons. The Morgan fingerprint density at radius 1 is 0.684 bits per heavy atom. The van der Waals surface area contributed by atoms with Crippen LogP contribution >= 0.6 is 0 Å². The molecule has 0 saturated heterocycles. The number of rotatable bonds is 0. The van der Waals surface area contributed by atoms with Gasteiger partial charge in [0.25, 0.3) is 0 Å². The van der Waals surface area contributed by atoms with Crippen LogP contribution in [-0.4, -0.2) is 5.11 Å². The molecule has 2 aromatic heterocycles. The number of aromatic nitrogens is 1. The van der Waals surface area contributed by atoms with Crippen molar-refractivity contribution in [1.29, 1.82) is 0 Å². The number of fused-ring (bicyclic) bond motifs is 5. The molecule has 0 saturated carbocycles. The molecule has 0 aliphatic rings. The molecule has 4 rings (SSSR count). The molecular weight excluding hydrogens is 234 g/mol. The van der Waals surface area contributed by atoms with Crippen LogP contribution in [0.5, 0.6) is 5.75 Å². The van der Waals surface area contributed by atoms with Crippen molar-refractivity contribution >= 4 is 27.2 Å². The quantitative estimate of drug-likeness (QED) is 0.373. The summed E-state index contributed by atoms with van der Waals surface area (Å²) in [5.74, 6) is 0.310. The Morgan fingerprint density at radius 2 is 1.42 bits per heavy atom. The highest BCUT2D eigenvalue weighted by atomic mass is 16.3. The predicted molar refractivity (Wildman–Crippen MR) is 76.3 cm³/mol. The van der Waals surface area contributed by atoms with Gasteiger partial charge in [0.15, 0.2) is 5.75 Å². The molecule has 0 amide bonds. The Morgan fingerprint density at radius 3 is 2.32 bits per heavy atom. The van der Waals surface area contributed by atoms with E-state index < -0.39 is 0 Å². The van der Waals surface area contributed by atoms with Gasteiger partial charge >= 0.3 is 0 Å². The van der Waals surface area contributed by atoms with Crippen LogP contribution in [0.2, 0.25) is 0 Å². The smallest absolute Gasteiger partial charge is 0.219 e. The summed E-state index contributed by atoms with van der Waals surface area (Å²) >= 11 is 0. The molecule has 0 aliphatic carbocycles. The zero-order valence-corrected chi connectivity index (χ0v) is 10.2. The molecule has 0 unspecified atom stereocenters. The van der Waals surface area contributed by atoms with Gasteiger partial charge in [0, 0.05) is 22.9 Å². The molecule has 2 aromatic carbocycles. The first-order valence-corrected chi connectivity index (χ1v) is 6.28. The van der Waals surface area contributed by atoms with E-state index in [4.69, 9.17) is 0 Å². The summed E-state index contributed by atoms with van der Waals surface area (Å²) < 4.78 is 2.05. The standard InChI is InChI=1S/C17H11NO/c19-17-11-18-15-8-4-1-5-12(15)9-10-16(18)13-6-2-3-7-14(13)17/h1-11H/p+1. The summed E-state index contributed by atoms with van der Waals surface area (Å²) in [5, 5.41) is 13.3. The lowest BCUT2D eigenvalue weighted by Gasteiger charge is -2.02. The van der Waals surface area contributed by atoms with Crippen molar-refractivity contribution in [2.45, 2.75) is 0 Å². The lowest BCUT2D eigenvalue weighted by molar-refractivity contribution is -0.481.